The molecule has 1 heterocycles. The van der Waals surface area contributed by atoms with Crippen molar-refractivity contribution in [2.75, 3.05) is 18.1 Å². The van der Waals surface area contributed by atoms with Gasteiger partial charge in [-0.25, -0.2) is 0 Å². The van der Waals surface area contributed by atoms with Crippen LogP contribution in [0.25, 0.3) is 0 Å². The van der Waals surface area contributed by atoms with Crippen LogP contribution in [0, 0.1) is 10.1 Å². The van der Waals surface area contributed by atoms with E-state index >= 15 is 0 Å². The molecule has 0 radical (unpaired) electrons. The highest BCUT2D eigenvalue weighted by Crippen LogP contribution is 2.12. The zero-order chi connectivity index (χ0) is 11.3. The summed E-state index contributed by atoms with van der Waals surface area (Å²) in [7, 11) is 0. The Kier molecular flexibility index (Phi) is 4.36. The van der Waals surface area contributed by atoms with Crippen LogP contribution in [0.4, 0.5) is 11.5 Å². The fourth-order valence-corrected chi connectivity index (χ4v) is 1.19. The Morgan fingerprint density at radius 3 is 2.87 bits per heavy atom. The third-order valence-corrected chi connectivity index (χ3v) is 2.90. The lowest BCUT2D eigenvalue weighted by atomic mass is 10.4. The molecule has 6 heteroatoms. The molecule has 1 N–H and O–H groups in total. The maximum absolute atomic E-state index is 10.3. The smallest absolute Gasteiger partial charge is 0.363 e. The van der Waals surface area contributed by atoms with Crippen molar-refractivity contribution in [3.8, 4) is 0 Å². The second-order valence-corrected chi connectivity index (χ2v) is 4.37. The largest absolute Gasteiger partial charge is 0.381 e. The van der Waals surface area contributed by atoms with Crippen molar-refractivity contribution < 1.29 is 4.92 Å². The van der Waals surface area contributed by atoms with Gasteiger partial charge in [-0.15, -0.1) is 0 Å². The lowest BCUT2D eigenvalue weighted by Crippen LogP contribution is -2.12. The molecule has 0 saturated carbocycles. The van der Waals surface area contributed by atoms with E-state index in [0.717, 1.165) is 12.2 Å². The molecule has 1 unspecified atom stereocenters. The lowest BCUT2D eigenvalue weighted by molar-refractivity contribution is -0.389. The zero-order valence-corrected chi connectivity index (χ0v) is 9.45. The molecule has 0 aliphatic rings. The summed E-state index contributed by atoms with van der Waals surface area (Å²) in [5, 5.41) is 14.0. The minimum atomic E-state index is -0.506. The second kappa shape index (κ2) is 5.55. The topological polar surface area (TPSA) is 68.1 Å². The van der Waals surface area contributed by atoms with E-state index in [-0.39, 0.29) is 5.82 Å². The fourth-order valence-electron chi connectivity index (χ4n) is 0.944. The van der Waals surface area contributed by atoms with E-state index in [4.69, 9.17) is 0 Å². The average Bonchev–Trinajstić information content (AvgIpc) is 2.26. The molecule has 82 valence electrons. The first-order valence-corrected chi connectivity index (χ1v) is 5.79. The van der Waals surface area contributed by atoms with Crippen molar-refractivity contribution in [3.05, 3.63) is 28.4 Å². The van der Waals surface area contributed by atoms with E-state index in [0.29, 0.717) is 5.25 Å². The van der Waals surface area contributed by atoms with E-state index in [1.54, 1.807) is 17.8 Å². The molecule has 0 aromatic carbocycles. The van der Waals surface area contributed by atoms with Crippen molar-refractivity contribution in [1.82, 2.24) is 4.98 Å². The molecule has 0 saturated heterocycles. The van der Waals surface area contributed by atoms with Crippen LogP contribution in [0.2, 0.25) is 0 Å². The van der Waals surface area contributed by atoms with Crippen molar-refractivity contribution in [3.63, 3.8) is 0 Å². The molecule has 0 amide bonds. The zero-order valence-electron chi connectivity index (χ0n) is 8.64. The van der Waals surface area contributed by atoms with Gasteiger partial charge in [-0.1, -0.05) is 6.92 Å². The lowest BCUT2D eigenvalue weighted by Gasteiger charge is -2.09. The number of hydrogen-bond donors (Lipinski definition) is 1. The summed E-state index contributed by atoms with van der Waals surface area (Å²) in [5.41, 5.74) is 0.807. The number of pyridine rings is 1. The summed E-state index contributed by atoms with van der Waals surface area (Å²) in [6, 6.07) is 3.06. The van der Waals surface area contributed by atoms with Crippen molar-refractivity contribution >= 4 is 23.3 Å². The molecule has 15 heavy (non-hydrogen) atoms. The summed E-state index contributed by atoms with van der Waals surface area (Å²) in [6.07, 6.45) is 3.52. The van der Waals surface area contributed by atoms with Gasteiger partial charge in [0, 0.05) is 17.9 Å². The monoisotopic (exact) mass is 227 g/mol. The molecular formula is C9H13N3O2S. The number of thioether (sulfide) groups is 1. The summed E-state index contributed by atoms with van der Waals surface area (Å²) in [5.74, 6) is -0.126. The average molecular weight is 227 g/mol. The minimum Gasteiger partial charge on any atom is -0.381 e. The Labute approximate surface area is 92.4 Å². The summed E-state index contributed by atoms with van der Waals surface area (Å²) in [4.78, 5) is 13.6. The molecule has 0 aliphatic carbocycles. The molecule has 0 aliphatic heterocycles. The predicted molar refractivity (Wildman–Crippen MR) is 62.4 cm³/mol. The Hall–Kier alpha value is -1.30. The normalized spacial score (nSPS) is 12.1. The molecule has 0 bridgehead atoms. The van der Waals surface area contributed by atoms with E-state index in [1.807, 2.05) is 6.26 Å². The van der Waals surface area contributed by atoms with Gasteiger partial charge in [0.15, 0.2) is 6.20 Å². The van der Waals surface area contributed by atoms with Crippen molar-refractivity contribution in [1.29, 1.82) is 0 Å². The molecule has 1 aromatic heterocycles. The molecule has 1 atom stereocenters. The number of anilines is 1. The first kappa shape index (κ1) is 11.8. The number of aromatic nitrogens is 1. The third kappa shape index (κ3) is 3.75. The maximum Gasteiger partial charge on any atom is 0.363 e. The Balaban J connectivity index is 2.53. The predicted octanol–water partition coefficient (Wildman–Crippen LogP) is 2.15. The number of nitrogens with zero attached hydrogens (tertiary/aromatic N) is 2. The van der Waals surface area contributed by atoms with Gasteiger partial charge in [-0.3, -0.25) is 0 Å². The third-order valence-electron chi connectivity index (χ3n) is 1.93. The molecule has 5 nitrogen and oxygen atoms in total. The SMILES string of the molecule is CSC(C)CNc1ccc([N+](=O)[O-])nc1. The summed E-state index contributed by atoms with van der Waals surface area (Å²) >= 11 is 1.76. The quantitative estimate of drug-likeness (QED) is 0.616. The molecule has 0 spiro atoms. The number of hydrogen-bond acceptors (Lipinski definition) is 5. The van der Waals surface area contributed by atoms with Crippen LogP contribution < -0.4 is 5.32 Å². The Morgan fingerprint density at radius 2 is 2.40 bits per heavy atom. The fraction of sp³-hybridized carbons (Fsp3) is 0.444. The van der Waals surface area contributed by atoms with Gasteiger partial charge in [0.2, 0.25) is 0 Å². The van der Waals surface area contributed by atoms with Crippen LogP contribution in [-0.2, 0) is 0 Å². The highest BCUT2D eigenvalue weighted by atomic mass is 32.2. The van der Waals surface area contributed by atoms with Gasteiger partial charge in [-0.2, -0.15) is 11.8 Å². The Bertz CT molecular complexity index is 329. The molecule has 0 fully saturated rings. The van der Waals surface area contributed by atoms with Crippen LogP contribution in [0.5, 0.6) is 0 Å². The Morgan fingerprint density at radius 1 is 1.67 bits per heavy atom. The van der Waals surface area contributed by atoms with Crippen LogP contribution >= 0.6 is 11.8 Å². The molecule has 1 aromatic rings. The van der Waals surface area contributed by atoms with Crippen LogP contribution in [0.3, 0.4) is 0 Å². The van der Waals surface area contributed by atoms with E-state index in [9.17, 15) is 10.1 Å². The van der Waals surface area contributed by atoms with Gasteiger partial charge in [0.05, 0.1) is 5.69 Å². The first-order valence-electron chi connectivity index (χ1n) is 4.50. The number of rotatable bonds is 5. The van der Waals surface area contributed by atoms with Crippen LogP contribution in [0.15, 0.2) is 18.3 Å². The minimum absolute atomic E-state index is 0.126. The van der Waals surface area contributed by atoms with Crippen molar-refractivity contribution in [2.24, 2.45) is 0 Å². The highest BCUT2D eigenvalue weighted by molar-refractivity contribution is 7.99. The maximum atomic E-state index is 10.3. The van der Waals surface area contributed by atoms with E-state index < -0.39 is 4.92 Å². The van der Waals surface area contributed by atoms with E-state index in [2.05, 4.69) is 17.2 Å². The standard InChI is InChI=1S/C9H13N3O2S/c1-7(15-2)5-10-8-3-4-9(11-6-8)12(13)14/h3-4,6-7,10H,5H2,1-2H3. The van der Waals surface area contributed by atoms with Gasteiger partial charge in [0.1, 0.15) is 0 Å². The van der Waals surface area contributed by atoms with Gasteiger partial charge < -0.3 is 15.4 Å². The van der Waals surface area contributed by atoms with Crippen LogP contribution in [0.1, 0.15) is 6.92 Å². The number of nitrogens with one attached hydrogen (secondary N) is 1. The van der Waals surface area contributed by atoms with E-state index in [1.165, 1.54) is 12.3 Å². The summed E-state index contributed by atoms with van der Waals surface area (Å²) < 4.78 is 0. The summed E-state index contributed by atoms with van der Waals surface area (Å²) in [6.45, 7) is 2.93. The van der Waals surface area contributed by atoms with Gasteiger partial charge >= 0.3 is 5.82 Å². The van der Waals surface area contributed by atoms with Crippen LogP contribution in [-0.4, -0.2) is 28.0 Å². The highest BCUT2D eigenvalue weighted by Gasteiger charge is 2.06. The first-order chi connectivity index (χ1) is 7.13. The molecular weight excluding hydrogens is 214 g/mol. The molecule has 1 rings (SSSR count). The second-order valence-electron chi connectivity index (χ2n) is 3.09. The van der Waals surface area contributed by atoms with Gasteiger partial charge in [-0.05, 0) is 22.2 Å². The number of nitro groups is 1. The van der Waals surface area contributed by atoms with Crippen molar-refractivity contribution in [2.45, 2.75) is 12.2 Å². The van der Waals surface area contributed by atoms with Gasteiger partial charge in [0.25, 0.3) is 0 Å².